The molecular formula is C14H18BrNO2. The van der Waals surface area contributed by atoms with Gasteiger partial charge in [-0.2, -0.15) is 0 Å². The van der Waals surface area contributed by atoms with Crippen LogP contribution in [0.2, 0.25) is 0 Å². The summed E-state index contributed by atoms with van der Waals surface area (Å²) in [5.74, 6) is -0.905. The molecule has 1 fully saturated rings. The lowest BCUT2D eigenvalue weighted by molar-refractivity contribution is 0.0696. The zero-order chi connectivity index (χ0) is 13.2. The van der Waals surface area contributed by atoms with Gasteiger partial charge in [0.25, 0.3) is 0 Å². The predicted molar refractivity (Wildman–Crippen MR) is 76.2 cm³/mol. The normalized spacial score (nSPS) is 16.3. The predicted octanol–water partition coefficient (Wildman–Crippen LogP) is 4.14. The number of anilines is 1. The number of aromatic carboxylic acids is 1. The van der Waals surface area contributed by atoms with Crippen molar-refractivity contribution in [2.24, 2.45) is 5.41 Å². The van der Waals surface area contributed by atoms with E-state index in [9.17, 15) is 4.79 Å². The average Bonchev–Trinajstić information content (AvgIpc) is 3.07. The van der Waals surface area contributed by atoms with E-state index in [4.69, 9.17) is 5.11 Å². The Balaban J connectivity index is 1.98. The molecule has 0 atom stereocenters. The molecule has 0 aliphatic heterocycles. The van der Waals surface area contributed by atoms with Gasteiger partial charge in [-0.3, -0.25) is 0 Å². The van der Waals surface area contributed by atoms with Gasteiger partial charge in [0.15, 0.2) is 0 Å². The second kappa shape index (κ2) is 5.31. The van der Waals surface area contributed by atoms with Gasteiger partial charge in [0.2, 0.25) is 0 Å². The fraction of sp³-hybridized carbons (Fsp3) is 0.500. The van der Waals surface area contributed by atoms with Crippen LogP contribution in [0, 0.1) is 5.41 Å². The van der Waals surface area contributed by atoms with Crippen LogP contribution < -0.4 is 5.32 Å². The van der Waals surface area contributed by atoms with Gasteiger partial charge in [-0.05, 0) is 58.8 Å². The number of hydrogen-bond acceptors (Lipinski definition) is 2. The van der Waals surface area contributed by atoms with E-state index in [0.29, 0.717) is 15.5 Å². The first-order valence-electron chi connectivity index (χ1n) is 6.33. The van der Waals surface area contributed by atoms with Gasteiger partial charge in [0.1, 0.15) is 0 Å². The number of benzene rings is 1. The van der Waals surface area contributed by atoms with E-state index in [2.05, 4.69) is 28.2 Å². The molecule has 1 aromatic carbocycles. The highest BCUT2D eigenvalue weighted by Crippen LogP contribution is 2.49. The molecule has 0 unspecified atom stereocenters. The Labute approximate surface area is 116 Å². The first-order chi connectivity index (χ1) is 8.56. The van der Waals surface area contributed by atoms with Crippen LogP contribution in [0.4, 0.5) is 5.69 Å². The fourth-order valence-corrected chi connectivity index (χ4v) is 2.86. The largest absolute Gasteiger partial charge is 0.478 e. The first kappa shape index (κ1) is 13.4. The molecule has 2 rings (SSSR count). The van der Waals surface area contributed by atoms with Crippen molar-refractivity contribution >= 4 is 27.6 Å². The first-order valence-corrected chi connectivity index (χ1v) is 7.12. The molecule has 0 heterocycles. The third-order valence-corrected chi connectivity index (χ3v) is 4.26. The third-order valence-electron chi connectivity index (χ3n) is 3.60. The maximum Gasteiger partial charge on any atom is 0.336 e. The molecule has 2 N–H and O–H groups in total. The van der Waals surface area contributed by atoms with Crippen molar-refractivity contribution in [2.75, 3.05) is 11.9 Å². The minimum Gasteiger partial charge on any atom is -0.478 e. The molecule has 4 heteroatoms. The molecule has 1 saturated carbocycles. The van der Waals surface area contributed by atoms with Crippen molar-refractivity contribution < 1.29 is 9.90 Å². The van der Waals surface area contributed by atoms with E-state index in [0.717, 1.165) is 12.2 Å². The van der Waals surface area contributed by atoms with Crippen molar-refractivity contribution in [3.05, 3.63) is 28.2 Å². The molecule has 98 valence electrons. The minimum absolute atomic E-state index is 0.301. The van der Waals surface area contributed by atoms with Gasteiger partial charge in [-0.25, -0.2) is 4.79 Å². The summed E-state index contributed by atoms with van der Waals surface area (Å²) in [5.41, 5.74) is 1.77. The zero-order valence-electron chi connectivity index (χ0n) is 10.5. The highest BCUT2D eigenvalue weighted by Gasteiger charge is 2.40. The van der Waals surface area contributed by atoms with Crippen LogP contribution in [0.15, 0.2) is 22.7 Å². The van der Waals surface area contributed by atoms with Gasteiger partial charge in [0.05, 0.1) is 5.56 Å². The van der Waals surface area contributed by atoms with E-state index in [1.807, 2.05) is 12.1 Å². The lowest BCUT2D eigenvalue weighted by Crippen LogP contribution is -2.15. The minimum atomic E-state index is -0.905. The van der Waals surface area contributed by atoms with Crippen LogP contribution in [0.5, 0.6) is 0 Å². The third kappa shape index (κ3) is 3.05. The Bertz CT molecular complexity index is 455. The zero-order valence-corrected chi connectivity index (χ0v) is 12.1. The summed E-state index contributed by atoms with van der Waals surface area (Å²) in [6, 6.07) is 5.30. The number of hydrogen-bond donors (Lipinski definition) is 2. The smallest absolute Gasteiger partial charge is 0.336 e. The van der Waals surface area contributed by atoms with E-state index in [-0.39, 0.29) is 0 Å². The molecule has 1 aliphatic rings. The molecule has 0 spiro atoms. The van der Waals surface area contributed by atoms with Crippen molar-refractivity contribution in [3.8, 4) is 0 Å². The van der Waals surface area contributed by atoms with E-state index in [1.165, 1.54) is 25.7 Å². The van der Waals surface area contributed by atoms with Crippen LogP contribution in [-0.4, -0.2) is 17.6 Å². The number of carboxylic acid groups (broad SMARTS) is 1. The van der Waals surface area contributed by atoms with Crippen molar-refractivity contribution in [1.29, 1.82) is 0 Å². The van der Waals surface area contributed by atoms with Gasteiger partial charge in [-0.15, -0.1) is 0 Å². The second-order valence-electron chi connectivity index (χ2n) is 5.10. The molecule has 18 heavy (non-hydrogen) atoms. The van der Waals surface area contributed by atoms with Crippen LogP contribution in [0.3, 0.4) is 0 Å². The summed E-state index contributed by atoms with van der Waals surface area (Å²) < 4.78 is 0.625. The number of nitrogens with one attached hydrogen (secondary N) is 1. The van der Waals surface area contributed by atoms with Crippen molar-refractivity contribution in [2.45, 2.75) is 32.6 Å². The molecule has 0 amide bonds. The summed E-state index contributed by atoms with van der Waals surface area (Å²) >= 11 is 3.29. The van der Waals surface area contributed by atoms with Crippen molar-refractivity contribution in [3.63, 3.8) is 0 Å². The number of carboxylic acids is 1. The summed E-state index contributed by atoms with van der Waals surface area (Å²) in [5, 5.41) is 12.4. The Hall–Kier alpha value is -1.03. The Morgan fingerprint density at radius 2 is 2.22 bits per heavy atom. The molecular weight excluding hydrogens is 294 g/mol. The molecule has 1 aromatic rings. The number of rotatable bonds is 6. The molecule has 1 aliphatic carbocycles. The Morgan fingerprint density at radius 1 is 1.50 bits per heavy atom. The average molecular weight is 312 g/mol. The second-order valence-corrected chi connectivity index (χ2v) is 5.96. The van der Waals surface area contributed by atoms with Crippen LogP contribution in [0.25, 0.3) is 0 Å². The number of halogens is 1. The fourth-order valence-electron chi connectivity index (χ4n) is 2.31. The van der Waals surface area contributed by atoms with E-state index >= 15 is 0 Å². The highest BCUT2D eigenvalue weighted by molar-refractivity contribution is 9.10. The topological polar surface area (TPSA) is 49.3 Å². The maximum absolute atomic E-state index is 10.9. The van der Waals surface area contributed by atoms with Crippen LogP contribution in [-0.2, 0) is 0 Å². The highest BCUT2D eigenvalue weighted by atomic mass is 79.9. The molecule has 0 bridgehead atoms. The number of carbonyl (C=O) groups is 1. The molecule has 0 radical (unpaired) electrons. The molecule has 0 saturated heterocycles. The SMILES string of the molecule is CCCC1(CNc2ccc(C(=O)O)c(Br)c2)CC1. The van der Waals surface area contributed by atoms with Gasteiger partial charge in [-0.1, -0.05) is 13.3 Å². The van der Waals surface area contributed by atoms with Crippen LogP contribution >= 0.6 is 15.9 Å². The van der Waals surface area contributed by atoms with Crippen LogP contribution in [0.1, 0.15) is 43.0 Å². The van der Waals surface area contributed by atoms with Gasteiger partial charge >= 0.3 is 5.97 Å². The lowest BCUT2D eigenvalue weighted by atomic mass is 10.0. The summed E-state index contributed by atoms with van der Waals surface area (Å²) in [7, 11) is 0. The monoisotopic (exact) mass is 311 g/mol. The Kier molecular flexibility index (Phi) is 3.95. The van der Waals surface area contributed by atoms with Gasteiger partial charge in [0, 0.05) is 16.7 Å². The van der Waals surface area contributed by atoms with Crippen molar-refractivity contribution in [1.82, 2.24) is 0 Å². The summed E-state index contributed by atoms with van der Waals surface area (Å²) in [4.78, 5) is 10.9. The van der Waals surface area contributed by atoms with E-state index < -0.39 is 5.97 Å². The maximum atomic E-state index is 10.9. The summed E-state index contributed by atoms with van der Waals surface area (Å²) in [6.07, 6.45) is 5.11. The standard InChI is InChI=1S/C14H18BrNO2/c1-2-5-14(6-7-14)9-16-10-3-4-11(13(17)18)12(15)8-10/h3-4,8,16H,2,5-7,9H2,1H3,(H,17,18). The Morgan fingerprint density at radius 3 is 2.72 bits per heavy atom. The van der Waals surface area contributed by atoms with E-state index in [1.54, 1.807) is 6.07 Å². The molecule has 3 nitrogen and oxygen atoms in total. The lowest BCUT2D eigenvalue weighted by Gasteiger charge is -2.16. The summed E-state index contributed by atoms with van der Waals surface area (Å²) in [6.45, 7) is 3.21. The molecule has 0 aromatic heterocycles. The quantitative estimate of drug-likeness (QED) is 0.830. The van der Waals surface area contributed by atoms with Gasteiger partial charge < -0.3 is 10.4 Å².